The number of carbonyl (C=O) groups excluding carboxylic acids is 2. The highest BCUT2D eigenvalue weighted by molar-refractivity contribution is 5.89. The van der Waals surface area contributed by atoms with Crippen LogP contribution in [0.15, 0.2) is 30.3 Å². The number of hydrogen-bond donors (Lipinski definition) is 1. The Labute approximate surface area is 156 Å². The molecule has 148 valence electrons. The van der Waals surface area contributed by atoms with Gasteiger partial charge in [-0.05, 0) is 42.0 Å². The van der Waals surface area contributed by atoms with E-state index < -0.39 is 17.7 Å². The van der Waals surface area contributed by atoms with Gasteiger partial charge >= 0.3 is 12.1 Å². The Morgan fingerprint density at radius 3 is 2.48 bits per heavy atom. The van der Waals surface area contributed by atoms with E-state index in [1.165, 1.54) is 18.2 Å². The van der Waals surface area contributed by atoms with Crippen molar-refractivity contribution >= 4 is 18.0 Å². The minimum atomic E-state index is -4.40. The summed E-state index contributed by atoms with van der Waals surface area (Å²) in [7, 11) is 0. The summed E-state index contributed by atoms with van der Waals surface area (Å²) in [6, 6.07) is 4.47. The fourth-order valence-electron chi connectivity index (χ4n) is 3.17. The van der Waals surface area contributed by atoms with Gasteiger partial charge in [-0.2, -0.15) is 13.2 Å². The summed E-state index contributed by atoms with van der Waals surface area (Å²) in [5, 5.41) is 2.90. The average molecular weight is 383 g/mol. The van der Waals surface area contributed by atoms with Gasteiger partial charge < -0.3 is 10.1 Å². The first-order chi connectivity index (χ1) is 12.7. The fourth-order valence-corrected chi connectivity index (χ4v) is 3.17. The van der Waals surface area contributed by atoms with Crippen molar-refractivity contribution in [2.24, 2.45) is 11.8 Å². The maximum atomic E-state index is 12.5. The van der Waals surface area contributed by atoms with Crippen LogP contribution in [0.3, 0.4) is 0 Å². The zero-order chi connectivity index (χ0) is 20.0. The van der Waals surface area contributed by atoms with Crippen LogP contribution in [-0.4, -0.2) is 24.5 Å². The normalized spacial score (nSPS) is 23.2. The molecule has 1 amide bonds. The largest absolute Gasteiger partial charge is 0.452 e. The molecule has 1 aliphatic rings. The van der Waals surface area contributed by atoms with Crippen LogP contribution < -0.4 is 5.32 Å². The SMILES string of the molecule is C[C@@H]1[C@@H](C)CCC[C@H]1NC(=O)COC(=O)/C=C/c1ccc(C(F)(F)F)cc1. The Kier molecular flexibility index (Phi) is 7.05. The molecule has 0 saturated heterocycles. The van der Waals surface area contributed by atoms with E-state index in [2.05, 4.69) is 19.2 Å². The van der Waals surface area contributed by atoms with E-state index in [0.29, 0.717) is 17.4 Å². The summed E-state index contributed by atoms with van der Waals surface area (Å²) in [6.45, 7) is 3.89. The van der Waals surface area contributed by atoms with Crippen molar-refractivity contribution in [3.63, 3.8) is 0 Å². The Hall–Kier alpha value is -2.31. The number of carbonyl (C=O) groups is 2. The van der Waals surface area contributed by atoms with Gasteiger partial charge in [-0.3, -0.25) is 4.79 Å². The van der Waals surface area contributed by atoms with E-state index >= 15 is 0 Å². The highest BCUT2D eigenvalue weighted by atomic mass is 19.4. The van der Waals surface area contributed by atoms with E-state index in [1.807, 2.05) is 0 Å². The first-order valence-corrected chi connectivity index (χ1v) is 8.98. The van der Waals surface area contributed by atoms with E-state index in [0.717, 1.165) is 37.5 Å². The molecule has 0 aromatic heterocycles. The molecule has 0 unspecified atom stereocenters. The highest BCUT2D eigenvalue weighted by Gasteiger charge is 2.30. The van der Waals surface area contributed by atoms with Crippen molar-refractivity contribution in [1.82, 2.24) is 5.32 Å². The van der Waals surface area contributed by atoms with Crippen LogP contribution in [0.4, 0.5) is 13.2 Å². The third-order valence-corrected chi connectivity index (χ3v) is 5.05. The third kappa shape index (κ3) is 6.41. The fraction of sp³-hybridized carbons (Fsp3) is 0.500. The lowest BCUT2D eigenvalue weighted by Gasteiger charge is -2.34. The number of hydrogen-bond acceptors (Lipinski definition) is 3. The van der Waals surface area contributed by atoms with Crippen molar-refractivity contribution in [2.45, 2.75) is 45.3 Å². The second-order valence-corrected chi connectivity index (χ2v) is 7.00. The number of alkyl halides is 3. The van der Waals surface area contributed by atoms with Crippen molar-refractivity contribution in [3.8, 4) is 0 Å². The van der Waals surface area contributed by atoms with Crippen LogP contribution in [0.1, 0.15) is 44.2 Å². The summed E-state index contributed by atoms with van der Waals surface area (Å²) in [5.74, 6) is -0.163. The summed E-state index contributed by atoms with van der Waals surface area (Å²) in [6.07, 6.45) is 1.15. The summed E-state index contributed by atoms with van der Waals surface area (Å²) < 4.78 is 42.4. The molecule has 1 N–H and O–H groups in total. The smallest absolute Gasteiger partial charge is 0.416 e. The van der Waals surface area contributed by atoms with Crippen molar-refractivity contribution in [3.05, 3.63) is 41.5 Å². The van der Waals surface area contributed by atoms with Crippen LogP contribution in [0, 0.1) is 11.8 Å². The lowest BCUT2D eigenvalue weighted by Crippen LogP contribution is -2.45. The molecule has 0 heterocycles. The summed E-state index contributed by atoms with van der Waals surface area (Å²) >= 11 is 0. The second kappa shape index (κ2) is 9.06. The molecule has 0 spiro atoms. The van der Waals surface area contributed by atoms with Crippen molar-refractivity contribution in [1.29, 1.82) is 0 Å². The molecule has 0 bridgehead atoms. The molecule has 1 aromatic rings. The molecule has 1 aliphatic carbocycles. The predicted octanol–water partition coefficient (Wildman–Crippen LogP) is 4.20. The van der Waals surface area contributed by atoms with E-state index in [4.69, 9.17) is 4.74 Å². The molecule has 4 nitrogen and oxygen atoms in total. The Morgan fingerprint density at radius 1 is 1.19 bits per heavy atom. The van der Waals surface area contributed by atoms with Crippen LogP contribution in [0.25, 0.3) is 6.08 Å². The topological polar surface area (TPSA) is 55.4 Å². The van der Waals surface area contributed by atoms with Crippen LogP contribution >= 0.6 is 0 Å². The first kappa shape index (κ1) is 21.0. The highest BCUT2D eigenvalue weighted by Crippen LogP contribution is 2.30. The van der Waals surface area contributed by atoms with Crippen LogP contribution in [0.5, 0.6) is 0 Å². The van der Waals surface area contributed by atoms with Gasteiger partial charge in [-0.25, -0.2) is 4.79 Å². The van der Waals surface area contributed by atoms with Gasteiger partial charge in [0.25, 0.3) is 5.91 Å². The summed E-state index contributed by atoms with van der Waals surface area (Å²) in [5.41, 5.74) is -0.334. The van der Waals surface area contributed by atoms with Crippen LogP contribution in [0.2, 0.25) is 0 Å². The van der Waals surface area contributed by atoms with Gasteiger partial charge in [0, 0.05) is 12.1 Å². The predicted molar refractivity (Wildman–Crippen MR) is 95.5 cm³/mol. The van der Waals surface area contributed by atoms with Gasteiger partial charge in [0.2, 0.25) is 0 Å². The Morgan fingerprint density at radius 2 is 1.85 bits per heavy atom. The Bertz CT molecular complexity index is 683. The number of esters is 1. The van der Waals surface area contributed by atoms with Crippen molar-refractivity contribution < 1.29 is 27.5 Å². The zero-order valence-electron chi connectivity index (χ0n) is 15.4. The molecule has 2 rings (SSSR count). The van der Waals surface area contributed by atoms with E-state index in [9.17, 15) is 22.8 Å². The average Bonchev–Trinajstić information content (AvgIpc) is 2.61. The molecule has 7 heteroatoms. The standard InChI is InChI=1S/C20H24F3NO3/c1-13-4-3-5-17(14(13)2)24-18(25)12-27-19(26)11-8-15-6-9-16(10-7-15)20(21,22)23/h6-11,13-14,17H,3-5,12H2,1-2H3,(H,24,25)/b11-8+/t13-,14+,17+/m0/s1. The monoisotopic (exact) mass is 383 g/mol. The number of halogens is 3. The lowest BCUT2D eigenvalue weighted by atomic mass is 9.78. The number of amides is 1. The van der Waals surface area contributed by atoms with Crippen molar-refractivity contribution in [2.75, 3.05) is 6.61 Å². The maximum absolute atomic E-state index is 12.5. The van der Waals surface area contributed by atoms with Gasteiger partial charge in [-0.1, -0.05) is 38.8 Å². The van der Waals surface area contributed by atoms with E-state index in [-0.39, 0.29) is 18.6 Å². The molecule has 1 fully saturated rings. The van der Waals surface area contributed by atoms with Crippen LogP contribution in [-0.2, 0) is 20.5 Å². The zero-order valence-corrected chi connectivity index (χ0v) is 15.4. The summed E-state index contributed by atoms with van der Waals surface area (Å²) in [4.78, 5) is 23.6. The minimum absolute atomic E-state index is 0.0858. The lowest BCUT2D eigenvalue weighted by molar-refractivity contribution is -0.144. The van der Waals surface area contributed by atoms with Gasteiger partial charge in [-0.15, -0.1) is 0 Å². The molecule has 1 aromatic carbocycles. The maximum Gasteiger partial charge on any atom is 0.416 e. The van der Waals surface area contributed by atoms with Gasteiger partial charge in [0.1, 0.15) is 0 Å². The minimum Gasteiger partial charge on any atom is -0.452 e. The van der Waals surface area contributed by atoms with Gasteiger partial charge in [0.05, 0.1) is 5.56 Å². The molecule has 3 atom stereocenters. The van der Waals surface area contributed by atoms with Gasteiger partial charge in [0.15, 0.2) is 6.61 Å². The third-order valence-electron chi connectivity index (χ3n) is 5.05. The quantitative estimate of drug-likeness (QED) is 0.612. The molecule has 1 saturated carbocycles. The second-order valence-electron chi connectivity index (χ2n) is 7.00. The number of nitrogens with one attached hydrogen (secondary N) is 1. The number of benzene rings is 1. The molecular formula is C20H24F3NO3. The Balaban J connectivity index is 1.78. The number of rotatable bonds is 5. The molecule has 27 heavy (non-hydrogen) atoms. The number of ether oxygens (including phenoxy) is 1. The molecule has 0 aliphatic heterocycles. The first-order valence-electron chi connectivity index (χ1n) is 8.98. The van der Waals surface area contributed by atoms with E-state index in [1.54, 1.807) is 0 Å². The molecule has 0 radical (unpaired) electrons. The molecular weight excluding hydrogens is 359 g/mol.